The molecule has 1 aliphatic rings. The predicted molar refractivity (Wildman–Crippen MR) is 83.7 cm³/mol. The Morgan fingerprint density at radius 1 is 1.50 bits per heavy atom. The van der Waals surface area contributed by atoms with Crippen LogP contribution in [0, 0.1) is 11.3 Å². The highest BCUT2D eigenvalue weighted by molar-refractivity contribution is 5.81. The molecule has 1 atom stereocenters. The number of hydrogen-bond donors (Lipinski definition) is 0. The molecule has 1 aliphatic heterocycles. The maximum Gasteiger partial charge on any atom is 0.253 e. The minimum absolute atomic E-state index is 0.0665. The Morgan fingerprint density at radius 2 is 2.23 bits per heavy atom. The van der Waals surface area contributed by atoms with Crippen molar-refractivity contribution in [2.75, 3.05) is 38.7 Å². The monoisotopic (exact) mass is 302 g/mol. The lowest BCUT2D eigenvalue weighted by Crippen LogP contribution is -2.50. The Labute approximate surface area is 131 Å². The lowest BCUT2D eigenvalue weighted by Gasteiger charge is -2.34. The van der Waals surface area contributed by atoms with E-state index < -0.39 is 6.10 Å². The molecule has 0 spiro atoms. The molecule has 0 aliphatic carbocycles. The van der Waals surface area contributed by atoms with Crippen LogP contribution in [-0.2, 0) is 9.53 Å². The summed E-state index contributed by atoms with van der Waals surface area (Å²) in [6.07, 6.45) is -0.514. The number of carbonyl (C=O) groups excluding carboxylic acids is 1. The van der Waals surface area contributed by atoms with Crippen LogP contribution in [0.4, 0.5) is 5.82 Å². The highest BCUT2D eigenvalue weighted by atomic mass is 16.5. The SMILES string of the molecule is CC(C)c1ccc(C#N)c(N2CCOC(C(=O)N(C)C)C2)n1. The summed E-state index contributed by atoms with van der Waals surface area (Å²) in [6, 6.07) is 5.87. The number of nitriles is 1. The molecule has 6 nitrogen and oxygen atoms in total. The topological polar surface area (TPSA) is 69.5 Å². The van der Waals surface area contributed by atoms with E-state index in [1.807, 2.05) is 11.0 Å². The Bertz CT molecular complexity index is 592. The first-order chi connectivity index (χ1) is 10.4. The second kappa shape index (κ2) is 6.75. The molecule has 6 heteroatoms. The van der Waals surface area contributed by atoms with Gasteiger partial charge in [-0.15, -0.1) is 0 Å². The first-order valence-electron chi connectivity index (χ1n) is 7.42. The summed E-state index contributed by atoms with van der Waals surface area (Å²) in [6.45, 7) is 5.62. The van der Waals surface area contributed by atoms with Crippen LogP contribution in [0.3, 0.4) is 0 Å². The van der Waals surface area contributed by atoms with E-state index in [1.165, 1.54) is 4.90 Å². The van der Waals surface area contributed by atoms with E-state index in [4.69, 9.17) is 4.74 Å². The number of rotatable bonds is 3. The smallest absolute Gasteiger partial charge is 0.253 e. The predicted octanol–water partition coefficient (Wildman–Crippen LogP) is 1.37. The number of aromatic nitrogens is 1. The summed E-state index contributed by atoms with van der Waals surface area (Å²) >= 11 is 0. The summed E-state index contributed by atoms with van der Waals surface area (Å²) in [5, 5.41) is 9.32. The largest absolute Gasteiger partial charge is 0.365 e. The molecule has 118 valence electrons. The molecule has 2 heterocycles. The van der Waals surface area contributed by atoms with Crippen molar-refractivity contribution in [3.8, 4) is 6.07 Å². The van der Waals surface area contributed by atoms with Crippen molar-refractivity contribution in [1.29, 1.82) is 5.26 Å². The maximum absolute atomic E-state index is 12.1. The number of ether oxygens (including phenoxy) is 1. The zero-order valence-corrected chi connectivity index (χ0v) is 13.5. The van der Waals surface area contributed by atoms with E-state index in [1.54, 1.807) is 20.2 Å². The second-order valence-corrected chi connectivity index (χ2v) is 5.91. The molecule has 0 radical (unpaired) electrons. The van der Waals surface area contributed by atoms with Crippen LogP contribution in [0.5, 0.6) is 0 Å². The second-order valence-electron chi connectivity index (χ2n) is 5.91. The van der Waals surface area contributed by atoms with Crippen LogP contribution in [0.1, 0.15) is 31.0 Å². The molecule has 0 N–H and O–H groups in total. The summed E-state index contributed by atoms with van der Waals surface area (Å²) in [5.41, 5.74) is 1.47. The number of pyridine rings is 1. The number of carbonyl (C=O) groups is 1. The van der Waals surface area contributed by atoms with Crippen LogP contribution in [0.15, 0.2) is 12.1 Å². The quantitative estimate of drug-likeness (QED) is 0.843. The molecule has 0 saturated carbocycles. The van der Waals surface area contributed by atoms with E-state index in [0.717, 1.165) is 5.69 Å². The number of amides is 1. The van der Waals surface area contributed by atoms with Gasteiger partial charge in [0.15, 0.2) is 6.10 Å². The third kappa shape index (κ3) is 3.37. The fourth-order valence-corrected chi connectivity index (χ4v) is 2.39. The molecule has 1 fully saturated rings. The molecule has 1 aromatic heterocycles. The van der Waals surface area contributed by atoms with Crippen molar-refractivity contribution < 1.29 is 9.53 Å². The third-order valence-corrected chi connectivity index (χ3v) is 3.69. The summed E-state index contributed by atoms with van der Waals surface area (Å²) < 4.78 is 5.56. The van der Waals surface area contributed by atoms with Crippen molar-refractivity contribution in [1.82, 2.24) is 9.88 Å². The molecule has 1 amide bonds. The molecule has 1 saturated heterocycles. The number of anilines is 1. The molecule has 0 bridgehead atoms. The first kappa shape index (κ1) is 16.2. The van der Waals surface area contributed by atoms with E-state index in [-0.39, 0.29) is 11.8 Å². The number of hydrogen-bond acceptors (Lipinski definition) is 5. The minimum Gasteiger partial charge on any atom is -0.365 e. The van der Waals surface area contributed by atoms with Crippen molar-refractivity contribution in [3.05, 3.63) is 23.4 Å². The molecule has 1 unspecified atom stereocenters. The zero-order chi connectivity index (χ0) is 16.3. The van der Waals surface area contributed by atoms with Gasteiger partial charge in [-0.2, -0.15) is 5.26 Å². The van der Waals surface area contributed by atoms with Crippen molar-refractivity contribution >= 4 is 11.7 Å². The summed E-state index contributed by atoms with van der Waals surface area (Å²) in [4.78, 5) is 20.2. The van der Waals surface area contributed by atoms with Crippen LogP contribution < -0.4 is 4.90 Å². The Morgan fingerprint density at radius 3 is 2.82 bits per heavy atom. The van der Waals surface area contributed by atoms with Crippen LogP contribution in [0.2, 0.25) is 0 Å². The zero-order valence-electron chi connectivity index (χ0n) is 13.5. The number of morpholine rings is 1. The molecule has 1 aromatic rings. The third-order valence-electron chi connectivity index (χ3n) is 3.69. The van der Waals surface area contributed by atoms with E-state index >= 15 is 0 Å². The highest BCUT2D eigenvalue weighted by Crippen LogP contribution is 2.23. The molecule has 0 aromatic carbocycles. The normalized spacial score (nSPS) is 18.2. The van der Waals surface area contributed by atoms with Gasteiger partial charge in [0.25, 0.3) is 5.91 Å². The van der Waals surface area contributed by atoms with Gasteiger partial charge in [-0.05, 0) is 18.1 Å². The minimum atomic E-state index is -0.514. The summed E-state index contributed by atoms with van der Waals surface area (Å²) in [7, 11) is 3.42. The molecular weight excluding hydrogens is 280 g/mol. The number of likely N-dealkylation sites (N-methyl/N-ethyl adjacent to an activating group) is 1. The lowest BCUT2D eigenvalue weighted by molar-refractivity contribution is -0.141. The maximum atomic E-state index is 12.1. The fraction of sp³-hybridized carbons (Fsp3) is 0.562. The molecule has 2 rings (SSSR count). The van der Waals surface area contributed by atoms with Gasteiger partial charge in [0, 0.05) is 26.3 Å². The van der Waals surface area contributed by atoms with Crippen LogP contribution in [0.25, 0.3) is 0 Å². The van der Waals surface area contributed by atoms with Gasteiger partial charge >= 0.3 is 0 Å². The first-order valence-corrected chi connectivity index (χ1v) is 7.42. The lowest BCUT2D eigenvalue weighted by atomic mass is 10.1. The summed E-state index contributed by atoms with van der Waals surface area (Å²) in [5.74, 6) is 0.864. The molecule has 22 heavy (non-hydrogen) atoms. The number of nitrogens with zero attached hydrogens (tertiary/aromatic N) is 4. The van der Waals surface area contributed by atoms with Crippen molar-refractivity contribution in [2.24, 2.45) is 0 Å². The van der Waals surface area contributed by atoms with E-state index in [2.05, 4.69) is 24.9 Å². The average molecular weight is 302 g/mol. The Kier molecular flexibility index (Phi) is 4.99. The fourth-order valence-electron chi connectivity index (χ4n) is 2.39. The van der Waals surface area contributed by atoms with Crippen molar-refractivity contribution in [2.45, 2.75) is 25.9 Å². The van der Waals surface area contributed by atoms with Gasteiger partial charge in [-0.3, -0.25) is 4.79 Å². The van der Waals surface area contributed by atoms with Gasteiger partial charge in [0.05, 0.1) is 18.7 Å². The van der Waals surface area contributed by atoms with Crippen LogP contribution >= 0.6 is 0 Å². The van der Waals surface area contributed by atoms with E-state index in [0.29, 0.717) is 31.1 Å². The highest BCUT2D eigenvalue weighted by Gasteiger charge is 2.29. The van der Waals surface area contributed by atoms with Crippen LogP contribution in [-0.4, -0.2) is 55.7 Å². The Hall–Kier alpha value is -2.13. The van der Waals surface area contributed by atoms with Gasteiger partial charge < -0.3 is 14.5 Å². The molecular formula is C16H22N4O2. The standard InChI is InChI=1S/C16H22N4O2/c1-11(2)13-6-5-12(9-17)15(18-13)20-7-8-22-14(10-20)16(21)19(3)4/h5-6,11,14H,7-8,10H2,1-4H3. The average Bonchev–Trinajstić information content (AvgIpc) is 2.53. The van der Waals surface area contributed by atoms with Gasteiger partial charge in [-0.1, -0.05) is 13.8 Å². The van der Waals surface area contributed by atoms with Gasteiger partial charge in [-0.25, -0.2) is 4.98 Å². The van der Waals surface area contributed by atoms with Gasteiger partial charge in [0.1, 0.15) is 11.9 Å². The van der Waals surface area contributed by atoms with Crippen molar-refractivity contribution in [3.63, 3.8) is 0 Å². The van der Waals surface area contributed by atoms with Gasteiger partial charge in [0.2, 0.25) is 0 Å². The Balaban J connectivity index is 2.28. The van der Waals surface area contributed by atoms with E-state index in [9.17, 15) is 10.1 Å².